The zero-order chi connectivity index (χ0) is 17.1. The summed E-state index contributed by atoms with van der Waals surface area (Å²) in [6.07, 6.45) is 1.89. The molecule has 0 N–H and O–H groups in total. The summed E-state index contributed by atoms with van der Waals surface area (Å²) in [6.45, 7) is 8.53. The van der Waals surface area contributed by atoms with Gasteiger partial charge in [-0.2, -0.15) is 0 Å². The number of carbonyl (C=O) groups excluding carboxylic acids is 1. The fourth-order valence-corrected chi connectivity index (χ4v) is 2.37. The van der Waals surface area contributed by atoms with E-state index in [-0.39, 0.29) is 17.9 Å². The van der Waals surface area contributed by atoms with E-state index in [2.05, 4.69) is 0 Å². The van der Waals surface area contributed by atoms with Gasteiger partial charge in [0.1, 0.15) is 5.88 Å². The minimum Gasteiger partial charge on any atom is -0.351 e. The van der Waals surface area contributed by atoms with Crippen LogP contribution in [0.2, 0.25) is 0 Å². The summed E-state index contributed by atoms with van der Waals surface area (Å²) in [5, 5.41) is 0. The van der Waals surface area contributed by atoms with Crippen LogP contribution in [0.5, 0.6) is 0 Å². The average Bonchev–Trinajstić information content (AvgIpc) is 2.55. The third-order valence-electron chi connectivity index (χ3n) is 3.43. The van der Waals surface area contributed by atoms with Crippen molar-refractivity contribution in [1.29, 1.82) is 0 Å². The molecule has 0 aromatic heterocycles. The third-order valence-corrected chi connectivity index (χ3v) is 3.66. The molecule has 1 saturated heterocycles. The molecule has 23 heavy (non-hydrogen) atoms. The van der Waals surface area contributed by atoms with Crippen molar-refractivity contribution in [3.8, 4) is 0 Å². The van der Waals surface area contributed by atoms with Gasteiger partial charge in [-0.15, -0.1) is 11.6 Å². The van der Waals surface area contributed by atoms with Crippen molar-refractivity contribution in [3.05, 3.63) is 0 Å². The molecule has 0 spiro atoms. The molecule has 2 atom stereocenters. The number of rotatable bonds is 11. The monoisotopic (exact) mass is 351 g/mol. The minimum atomic E-state index is -0.455. The number of hydrogen-bond acceptors (Lipinski definition) is 5. The van der Waals surface area contributed by atoms with E-state index < -0.39 is 12.6 Å². The maximum absolute atomic E-state index is 12.1. The lowest BCUT2D eigenvalue weighted by Gasteiger charge is -2.34. The highest BCUT2D eigenvalue weighted by molar-refractivity contribution is 6.27. The molecular formula is C16H30ClNO5. The number of hydrogen-bond donors (Lipinski definition) is 0. The molecule has 1 rings (SSSR count). The van der Waals surface area contributed by atoms with Gasteiger partial charge in [0, 0.05) is 13.2 Å². The molecule has 0 aromatic carbocycles. The molecule has 0 aromatic rings. The summed E-state index contributed by atoms with van der Waals surface area (Å²) in [7, 11) is 0. The van der Waals surface area contributed by atoms with E-state index in [9.17, 15) is 4.79 Å². The molecule has 1 aliphatic rings. The molecule has 136 valence electrons. The van der Waals surface area contributed by atoms with Crippen molar-refractivity contribution < 1.29 is 23.7 Å². The van der Waals surface area contributed by atoms with Gasteiger partial charge in [-0.1, -0.05) is 13.8 Å². The summed E-state index contributed by atoms with van der Waals surface area (Å²) in [6, 6.07) is 0. The van der Waals surface area contributed by atoms with Crippen molar-refractivity contribution >= 4 is 17.5 Å². The quantitative estimate of drug-likeness (QED) is 0.422. The Morgan fingerprint density at radius 1 is 1.30 bits per heavy atom. The minimum absolute atomic E-state index is 0.0868. The van der Waals surface area contributed by atoms with Crippen LogP contribution >= 0.6 is 11.6 Å². The van der Waals surface area contributed by atoms with Gasteiger partial charge in [-0.05, 0) is 26.2 Å². The molecule has 2 unspecified atom stereocenters. The summed E-state index contributed by atoms with van der Waals surface area (Å²) < 4.78 is 22.7. The number of halogens is 1. The molecule has 1 aliphatic heterocycles. The summed E-state index contributed by atoms with van der Waals surface area (Å²) in [4.78, 5) is 13.7. The highest BCUT2D eigenvalue weighted by atomic mass is 35.5. The van der Waals surface area contributed by atoms with Gasteiger partial charge in [-0.25, -0.2) is 0 Å². The highest BCUT2D eigenvalue weighted by Gasteiger charge is 2.26. The zero-order valence-electron chi connectivity index (χ0n) is 14.5. The second-order valence-electron chi connectivity index (χ2n) is 5.64. The lowest BCUT2D eigenvalue weighted by Crippen LogP contribution is -2.47. The van der Waals surface area contributed by atoms with Crippen LogP contribution in [0.1, 0.15) is 40.0 Å². The Hall–Kier alpha value is -0.400. The molecule has 1 heterocycles. The first kappa shape index (κ1) is 20.6. The van der Waals surface area contributed by atoms with Gasteiger partial charge in [-0.3, -0.25) is 4.79 Å². The van der Waals surface area contributed by atoms with Crippen LogP contribution in [0.15, 0.2) is 0 Å². The van der Waals surface area contributed by atoms with Crippen molar-refractivity contribution in [2.75, 3.05) is 38.8 Å². The standard InChI is InChI=1S/C16H30ClNO5/c1-4-7-20-15(21-8-5-2)11-18(14(19)10-17)12-16-22-9-6-13(3)23-16/h13,15-16H,4-12H2,1-3H3. The molecular weight excluding hydrogens is 322 g/mol. The normalized spacial score (nSPS) is 21.6. The number of nitrogens with zero attached hydrogens (tertiary/aromatic N) is 1. The van der Waals surface area contributed by atoms with Crippen molar-refractivity contribution in [3.63, 3.8) is 0 Å². The van der Waals surface area contributed by atoms with E-state index in [1.54, 1.807) is 4.90 Å². The molecule has 7 heteroatoms. The van der Waals surface area contributed by atoms with Gasteiger partial charge in [0.25, 0.3) is 0 Å². The lowest BCUT2D eigenvalue weighted by atomic mass is 10.3. The van der Waals surface area contributed by atoms with Crippen LogP contribution in [0.4, 0.5) is 0 Å². The first-order chi connectivity index (χ1) is 11.1. The predicted octanol–water partition coefficient (Wildman–Crippen LogP) is 2.38. The second-order valence-corrected chi connectivity index (χ2v) is 5.91. The Morgan fingerprint density at radius 2 is 1.96 bits per heavy atom. The van der Waals surface area contributed by atoms with Gasteiger partial charge >= 0.3 is 0 Å². The fraction of sp³-hybridized carbons (Fsp3) is 0.938. The lowest BCUT2D eigenvalue weighted by molar-refractivity contribution is -0.220. The number of ether oxygens (including phenoxy) is 4. The van der Waals surface area contributed by atoms with Gasteiger partial charge in [0.05, 0.1) is 25.8 Å². The van der Waals surface area contributed by atoms with Crippen molar-refractivity contribution in [1.82, 2.24) is 4.90 Å². The largest absolute Gasteiger partial charge is 0.351 e. The van der Waals surface area contributed by atoms with Gasteiger partial charge in [0.2, 0.25) is 5.91 Å². The van der Waals surface area contributed by atoms with Crippen LogP contribution in [-0.2, 0) is 23.7 Å². The van der Waals surface area contributed by atoms with Crippen LogP contribution in [0.3, 0.4) is 0 Å². The Balaban J connectivity index is 2.60. The average molecular weight is 352 g/mol. The first-order valence-corrected chi connectivity index (χ1v) is 8.98. The Bertz CT molecular complexity index is 324. The Morgan fingerprint density at radius 3 is 2.48 bits per heavy atom. The summed E-state index contributed by atoms with van der Waals surface area (Å²) >= 11 is 5.73. The van der Waals surface area contributed by atoms with Crippen LogP contribution in [0, 0.1) is 0 Å². The third kappa shape index (κ3) is 8.31. The maximum atomic E-state index is 12.1. The maximum Gasteiger partial charge on any atom is 0.237 e. The number of carbonyl (C=O) groups is 1. The SMILES string of the molecule is CCCOC(CN(CC1OCCC(C)O1)C(=O)CCl)OCCC. The number of amides is 1. The highest BCUT2D eigenvalue weighted by Crippen LogP contribution is 2.14. The van der Waals surface area contributed by atoms with Gasteiger partial charge < -0.3 is 23.8 Å². The van der Waals surface area contributed by atoms with Crippen LogP contribution < -0.4 is 0 Å². The zero-order valence-corrected chi connectivity index (χ0v) is 15.2. The molecule has 1 fully saturated rings. The predicted molar refractivity (Wildman–Crippen MR) is 88.5 cm³/mol. The van der Waals surface area contributed by atoms with E-state index in [1.165, 1.54) is 0 Å². The Labute approximate surface area is 144 Å². The van der Waals surface area contributed by atoms with Crippen molar-refractivity contribution in [2.45, 2.75) is 58.7 Å². The fourth-order valence-electron chi connectivity index (χ4n) is 2.20. The van der Waals surface area contributed by atoms with E-state index in [1.807, 2.05) is 20.8 Å². The topological polar surface area (TPSA) is 57.2 Å². The second kappa shape index (κ2) is 12.0. The first-order valence-electron chi connectivity index (χ1n) is 8.44. The molecule has 0 radical (unpaired) electrons. The number of alkyl halides is 1. The molecule has 0 bridgehead atoms. The van der Waals surface area contributed by atoms with E-state index in [4.69, 9.17) is 30.5 Å². The smallest absolute Gasteiger partial charge is 0.237 e. The molecule has 0 aliphatic carbocycles. The van der Waals surface area contributed by atoms with Crippen LogP contribution in [0.25, 0.3) is 0 Å². The van der Waals surface area contributed by atoms with Crippen LogP contribution in [-0.4, -0.2) is 68.3 Å². The van der Waals surface area contributed by atoms with Crippen molar-refractivity contribution in [2.24, 2.45) is 0 Å². The summed E-state index contributed by atoms with van der Waals surface area (Å²) in [5.41, 5.74) is 0. The molecule has 6 nitrogen and oxygen atoms in total. The summed E-state index contributed by atoms with van der Waals surface area (Å²) in [5.74, 6) is -0.265. The Kier molecular flexibility index (Phi) is 10.8. The molecule has 1 amide bonds. The van der Waals surface area contributed by atoms with Gasteiger partial charge in [0.15, 0.2) is 12.6 Å². The molecule has 0 saturated carbocycles. The van der Waals surface area contributed by atoms with E-state index in [0.29, 0.717) is 32.9 Å². The van der Waals surface area contributed by atoms with E-state index >= 15 is 0 Å². The van der Waals surface area contributed by atoms with E-state index in [0.717, 1.165) is 19.3 Å².